The summed E-state index contributed by atoms with van der Waals surface area (Å²) in [5, 5.41) is 25.2. The van der Waals surface area contributed by atoms with Crippen LogP contribution < -0.4 is 20.1 Å². The van der Waals surface area contributed by atoms with Crippen LogP contribution in [0, 0.1) is 12.7 Å². The van der Waals surface area contributed by atoms with Gasteiger partial charge >= 0.3 is 5.97 Å². The van der Waals surface area contributed by atoms with Gasteiger partial charge in [-0.3, -0.25) is 19.8 Å². The molecule has 7 rings (SSSR count). The van der Waals surface area contributed by atoms with E-state index in [4.69, 9.17) is 26.1 Å². The predicted molar refractivity (Wildman–Crippen MR) is 199 cm³/mol. The van der Waals surface area contributed by atoms with E-state index in [1.807, 2.05) is 55.8 Å². The summed E-state index contributed by atoms with van der Waals surface area (Å²) in [5.74, 6) is -1.24. The molecule has 1 amide bonds. The summed E-state index contributed by atoms with van der Waals surface area (Å²) in [6, 6.07) is 13.5. The Hall–Kier alpha value is -4.49. The van der Waals surface area contributed by atoms with Gasteiger partial charge in [-0.25, -0.2) is 9.37 Å². The molecule has 4 aromatic rings. The number of carbonyl (C=O) groups is 2. The molecular weight excluding hydrogens is 701 g/mol. The Morgan fingerprint density at radius 2 is 1.91 bits per heavy atom. The van der Waals surface area contributed by atoms with Crippen LogP contribution in [0.15, 0.2) is 42.5 Å². The standard InChI is InChI=1S/C40H45ClFN5O6/c1-22(21-48)47-17-14-31-30(20-47)44-37(46(31)3)38(49)45-29-11-6-8-24(23(29)2)25-9-5-10-27-26(25)12-13-32(27)53-34-18-33(52-4)28(36(42)35(34)41)19-43-40(39(50)51)15-7-16-40/h5-6,8-11,18,22,32,43,48H,7,12-17,19-21H2,1-4H3,(H,45,49)(H,50,51). The Bertz CT molecular complexity index is 2080. The van der Waals surface area contributed by atoms with Gasteiger partial charge in [0.2, 0.25) is 0 Å². The first kappa shape index (κ1) is 36.9. The maximum absolute atomic E-state index is 15.8. The van der Waals surface area contributed by atoms with Gasteiger partial charge in [-0.2, -0.15) is 0 Å². The molecule has 1 fully saturated rings. The van der Waals surface area contributed by atoms with Gasteiger partial charge < -0.3 is 29.6 Å². The van der Waals surface area contributed by atoms with E-state index in [1.54, 1.807) is 6.07 Å². The number of benzene rings is 3. The highest BCUT2D eigenvalue weighted by molar-refractivity contribution is 6.32. The molecule has 3 aliphatic rings. The molecule has 280 valence electrons. The third-order valence-corrected chi connectivity index (χ3v) is 11.8. The van der Waals surface area contributed by atoms with E-state index in [1.165, 1.54) is 7.11 Å². The van der Waals surface area contributed by atoms with Gasteiger partial charge in [0.25, 0.3) is 5.91 Å². The number of methoxy groups -OCH3 is 1. The number of carboxylic acids is 1. The number of hydrogen-bond acceptors (Lipinski definition) is 8. The first-order valence-corrected chi connectivity index (χ1v) is 18.5. The highest BCUT2D eigenvalue weighted by Crippen LogP contribution is 2.45. The molecule has 1 saturated carbocycles. The van der Waals surface area contributed by atoms with E-state index in [2.05, 4.69) is 21.6 Å². The van der Waals surface area contributed by atoms with Gasteiger partial charge in [0.1, 0.15) is 28.2 Å². The van der Waals surface area contributed by atoms with Crippen molar-refractivity contribution in [2.75, 3.05) is 25.6 Å². The van der Waals surface area contributed by atoms with Crippen LogP contribution in [0.5, 0.6) is 11.5 Å². The first-order chi connectivity index (χ1) is 25.5. The minimum absolute atomic E-state index is 0.0189. The van der Waals surface area contributed by atoms with Gasteiger partial charge in [-0.05, 0) is 79.8 Å². The summed E-state index contributed by atoms with van der Waals surface area (Å²) in [4.78, 5) is 32.4. The summed E-state index contributed by atoms with van der Waals surface area (Å²) in [6.07, 6.45) is 3.45. The maximum Gasteiger partial charge on any atom is 0.323 e. The van der Waals surface area contributed by atoms with Gasteiger partial charge in [0.15, 0.2) is 11.6 Å². The molecule has 2 aliphatic carbocycles. The smallest absolute Gasteiger partial charge is 0.323 e. The summed E-state index contributed by atoms with van der Waals surface area (Å²) >= 11 is 6.56. The predicted octanol–water partition coefficient (Wildman–Crippen LogP) is 6.35. The molecule has 3 aromatic carbocycles. The zero-order chi connectivity index (χ0) is 37.6. The van der Waals surface area contributed by atoms with E-state index in [9.17, 15) is 19.8 Å². The van der Waals surface area contributed by atoms with Crippen molar-refractivity contribution in [3.63, 3.8) is 0 Å². The van der Waals surface area contributed by atoms with Crippen LogP contribution in [-0.4, -0.2) is 68.4 Å². The number of aliphatic carboxylic acids is 1. The molecular formula is C40H45ClFN5O6. The van der Waals surface area contributed by atoms with E-state index in [-0.39, 0.29) is 47.2 Å². The van der Waals surface area contributed by atoms with E-state index in [0.29, 0.717) is 43.7 Å². The Morgan fingerprint density at radius 3 is 2.60 bits per heavy atom. The molecule has 13 heteroatoms. The van der Waals surface area contributed by atoms with E-state index < -0.39 is 23.4 Å². The second kappa shape index (κ2) is 14.7. The number of halogens is 2. The lowest BCUT2D eigenvalue weighted by molar-refractivity contribution is -0.148. The van der Waals surface area contributed by atoms with Gasteiger partial charge in [0, 0.05) is 62.2 Å². The topological polar surface area (TPSA) is 138 Å². The number of amides is 1. The third kappa shape index (κ3) is 6.66. The average Bonchev–Trinajstić information content (AvgIpc) is 3.70. The summed E-state index contributed by atoms with van der Waals surface area (Å²) < 4.78 is 29.6. The van der Waals surface area contributed by atoms with E-state index >= 15 is 4.39 Å². The second-order valence-electron chi connectivity index (χ2n) is 14.4. The van der Waals surface area contributed by atoms with E-state index in [0.717, 1.165) is 58.6 Å². The monoisotopic (exact) mass is 745 g/mol. The number of anilines is 1. The third-order valence-electron chi connectivity index (χ3n) is 11.4. The number of hydrogen-bond donors (Lipinski definition) is 4. The molecule has 2 unspecified atom stereocenters. The number of ether oxygens (including phenoxy) is 2. The molecule has 0 saturated heterocycles. The Morgan fingerprint density at radius 1 is 1.15 bits per heavy atom. The van der Waals surface area contributed by atoms with Crippen LogP contribution in [0.25, 0.3) is 11.1 Å². The normalized spacial score (nSPS) is 18.1. The van der Waals surface area contributed by atoms with Crippen molar-refractivity contribution in [2.24, 2.45) is 7.05 Å². The van der Waals surface area contributed by atoms with Crippen LogP contribution in [0.1, 0.15) is 83.0 Å². The van der Waals surface area contributed by atoms with Crippen molar-refractivity contribution < 1.29 is 33.7 Å². The second-order valence-corrected chi connectivity index (χ2v) is 14.7. The number of aromatic nitrogens is 2. The van der Waals surface area contributed by atoms with Crippen LogP contribution >= 0.6 is 11.6 Å². The fourth-order valence-electron chi connectivity index (χ4n) is 7.93. The zero-order valence-corrected chi connectivity index (χ0v) is 31.1. The van der Waals surface area contributed by atoms with Crippen molar-refractivity contribution in [1.29, 1.82) is 0 Å². The number of carbonyl (C=O) groups excluding carboxylic acids is 1. The Labute approximate surface area is 313 Å². The number of imidazole rings is 1. The van der Waals surface area contributed by atoms with Crippen molar-refractivity contribution in [3.05, 3.63) is 92.8 Å². The molecule has 4 N–H and O–H groups in total. The van der Waals surface area contributed by atoms with Crippen molar-refractivity contribution in [1.82, 2.24) is 19.8 Å². The molecule has 1 aromatic heterocycles. The van der Waals surface area contributed by atoms with Gasteiger partial charge in [0.05, 0.1) is 19.4 Å². The van der Waals surface area contributed by atoms with Gasteiger partial charge in [-0.15, -0.1) is 0 Å². The lowest BCUT2D eigenvalue weighted by atomic mass is 9.76. The zero-order valence-electron chi connectivity index (χ0n) is 30.4. The lowest BCUT2D eigenvalue weighted by Crippen LogP contribution is -2.56. The average molecular weight is 746 g/mol. The van der Waals surface area contributed by atoms with Crippen LogP contribution in [-0.2, 0) is 37.8 Å². The van der Waals surface area contributed by atoms with Crippen molar-refractivity contribution >= 4 is 29.2 Å². The minimum Gasteiger partial charge on any atom is -0.496 e. The molecule has 11 nitrogen and oxygen atoms in total. The first-order valence-electron chi connectivity index (χ1n) is 18.1. The molecule has 2 atom stereocenters. The molecule has 0 spiro atoms. The van der Waals surface area contributed by atoms with Crippen LogP contribution in [0.3, 0.4) is 0 Å². The summed E-state index contributed by atoms with van der Waals surface area (Å²) in [6.45, 7) is 5.36. The number of rotatable bonds is 12. The molecule has 0 radical (unpaired) electrons. The highest BCUT2D eigenvalue weighted by atomic mass is 35.5. The number of nitrogens with one attached hydrogen (secondary N) is 2. The Kier molecular flexibility index (Phi) is 10.2. The fourth-order valence-corrected chi connectivity index (χ4v) is 8.15. The summed E-state index contributed by atoms with van der Waals surface area (Å²) in [5.41, 5.74) is 6.63. The van der Waals surface area contributed by atoms with Crippen LogP contribution in [0.4, 0.5) is 10.1 Å². The Balaban J connectivity index is 1.10. The number of aliphatic hydroxyl groups excluding tert-OH is 1. The molecule has 53 heavy (non-hydrogen) atoms. The largest absolute Gasteiger partial charge is 0.496 e. The van der Waals surface area contributed by atoms with Gasteiger partial charge in [-0.1, -0.05) is 41.9 Å². The molecule has 0 bridgehead atoms. The van der Waals surface area contributed by atoms with Crippen LogP contribution in [0.2, 0.25) is 5.02 Å². The molecule has 1 aliphatic heterocycles. The number of aliphatic hydroxyl groups is 1. The fraction of sp³-hybridized carbons (Fsp3) is 0.425. The number of nitrogens with zero attached hydrogens (tertiary/aromatic N) is 3. The number of fused-ring (bicyclic) bond motifs is 2. The quantitative estimate of drug-likeness (QED) is 0.131. The SMILES string of the molecule is COc1cc(OC2CCc3c(-c4cccc(NC(=O)c5nc6c(n5C)CCN(C(C)CO)C6)c4C)cccc32)c(Cl)c(F)c1CNC1(C(=O)O)CCC1. The highest BCUT2D eigenvalue weighted by Gasteiger charge is 2.44. The van der Waals surface area contributed by atoms with Crippen molar-refractivity contribution in [2.45, 2.75) is 83.1 Å². The van der Waals surface area contributed by atoms with Crippen molar-refractivity contribution in [3.8, 4) is 22.6 Å². The lowest BCUT2D eigenvalue weighted by Gasteiger charge is -2.38. The molecule has 2 heterocycles. The minimum atomic E-state index is -1.07. The number of carboxylic acid groups (broad SMARTS) is 1. The maximum atomic E-state index is 15.8. The summed E-state index contributed by atoms with van der Waals surface area (Å²) in [7, 11) is 3.30.